The molecule has 0 aliphatic carbocycles. The minimum absolute atomic E-state index is 0.142. The lowest BCUT2D eigenvalue weighted by atomic mass is 10.1. The average Bonchev–Trinajstić information content (AvgIpc) is 2.47. The molecule has 0 aliphatic rings. The highest BCUT2D eigenvalue weighted by molar-refractivity contribution is 8.12. The van der Waals surface area contributed by atoms with Crippen LogP contribution in [0.2, 0.25) is 0 Å². The van der Waals surface area contributed by atoms with Gasteiger partial charge in [-0.3, -0.25) is 4.79 Å². The van der Waals surface area contributed by atoms with Gasteiger partial charge in [-0.15, -0.1) is 0 Å². The lowest BCUT2D eigenvalue weighted by molar-refractivity contribution is -0.109. The molecule has 0 spiro atoms. The van der Waals surface area contributed by atoms with Gasteiger partial charge in [-0.25, -0.2) is 0 Å². The highest BCUT2D eigenvalue weighted by atomic mass is 32.2. The number of nitrogens with one attached hydrogen (secondary N) is 1. The van der Waals surface area contributed by atoms with E-state index in [0.29, 0.717) is 18.1 Å². The molecular formula is C16H25NO2S. The first-order valence-corrected chi connectivity index (χ1v) is 8.03. The lowest BCUT2D eigenvalue weighted by Crippen LogP contribution is -2.34. The van der Waals surface area contributed by atoms with E-state index in [1.165, 1.54) is 11.8 Å². The van der Waals surface area contributed by atoms with Crippen molar-refractivity contribution in [2.24, 2.45) is 5.92 Å². The van der Waals surface area contributed by atoms with Gasteiger partial charge in [0.25, 0.3) is 5.24 Å². The van der Waals surface area contributed by atoms with Gasteiger partial charge in [0.05, 0.1) is 6.04 Å². The number of aldehydes is 1. The van der Waals surface area contributed by atoms with Gasteiger partial charge in [-0.1, -0.05) is 69.8 Å². The third-order valence-corrected chi connectivity index (χ3v) is 3.26. The van der Waals surface area contributed by atoms with Gasteiger partial charge in [-0.2, -0.15) is 0 Å². The smallest absolute Gasteiger partial charge is 0.279 e. The summed E-state index contributed by atoms with van der Waals surface area (Å²) in [4.78, 5) is 22.5. The van der Waals surface area contributed by atoms with Crippen molar-refractivity contribution < 1.29 is 9.59 Å². The molecule has 1 N–H and O–H groups in total. The molecule has 0 saturated heterocycles. The molecule has 1 aromatic carbocycles. The van der Waals surface area contributed by atoms with Crippen LogP contribution < -0.4 is 5.32 Å². The van der Waals surface area contributed by atoms with Crippen molar-refractivity contribution in [2.45, 2.75) is 45.9 Å². The lowest BCUT2D eigenvalue weighted by Gasteiger charge is -2.14. The Labute approximate surface area is 126 Å². The van der Waals surface area contributed by atoms with Crippen molar-refractivity contribution in [1.82, 2.24) is 5.32 Å². The number of hydrogen-bond donors (Lipinski definition) is 1. The van der Waals surface area contributed by atoms with E-state index in [4.69, 9.17) is 0 Å². The summed E-state index contributed by atoms with van der Waals surface area (Å²) in [6, 6.07) is 9.42. The van der Waals surface area contributed by atoms with Gasteiger partial charge in [0.2, 0.25) is 0 Å². The molecule has 0 heterocycles. The normalized spacial score (nSPS) is 11.2. The summed E-state index contributed by atoms with van der Waals surface area (Å²) in [5, 5.41) is 2.58. The largest absolute Gasteiger partial charge is 0.337 e. The molecule has 0 aromatic heterocycles. The second kappa shape index (κ2) is 11.5. The Hall–Kier alpha value is -1.29. The van der Waals surface area contributed by atoms with Crippen LogP contribution in [0.25, 0.3) is 0 Å². The van der Waals surface area contributed by atoms with E-state index in [0.717, 1.165) is 11.8 Å². The summed E-state index contributed by atoms with van der Waals surface area (Å²) in [7, 11) is 0. The number of hydrogen-bond acceptors (Lipinski definition) is 3. The average molecular weight is 295 g/mol. The summed E-state index contributed by atoms with van der Waals surface area (Å²) in [5.74, 6) is 1.01. The minimum Gasteiger partial charge on any atom is -0.337 e. The van der Waals surface area contributed by atoms with E-state index in [9.17, 15) is 9.59 Å². The van der Waals surface area contributed by atoms with Crippen LogP contribution in [0.4, 0.5) is 4.79 Å². The monoisotopic (exact) mass is 295 g/mol. The highest BCUT2D eigenvalue weighted by Gasteiger charge is 2.13. The fourth-order valence-corrected chi connectivity index (χ4v) is 2.30. The molecule has 0 radical (unpaired) electrons. The molecule has 1 amide bonds. The minimum atomic E-state index is -0.374. The molecule has 4 heteroatoms. The molecule has 0 aliphatic heterocycles. The number of thioether (sulfide) groups is 1. The third kappa shape index (κ3) is 8.75. The second-order valence-electron chi connectivity index (χ2n) is 4.58. The Morgan fingerprint density at radius 1 is 1.25 bits per heavy atom. The maximum Gasteiger partial charge on any atom is 0.279 e. The molecule has 0 saturated carbocycles. The summed E-state index contributed by atoms with van der Waals surface area (Å²) < 4.78 is 0. The van der Waals surface area contributed by atoms with Crippen LogP contribution in [0.15, 0.2) is 30.3 Å². The molecule has 1 rings (SSSR count). The molecule has 112 valence electrons. The van der Waals surface area contributed by atoms with E-state index in [-0.39, 0.29) is 11.3 Å². The number of rotatable bonds is 6. The Bertz CT molecular complexity index is 379. The Morgan fingerprint density at radius 3 is 2.35 bits per heavy atom. The second-order valence-corrected chi connectivity index (χ2v) is 5.53. The van der Waals surface area contributed by atoms with E-state index in [1.54, 1.807) is 0 Å². The van der Waals surface area contributed by atoms with Crippen LogP contribution in [-0.4, -0.2) is 17.6 Å². The molecule has 1 unspecified atom stereocenters. The van der Waals surface area contributed by atoms with E-state index in [1.807, 2.05) is 58.0 Å². The summed E-state index contributed by atoms with van der Waals surface area (Å²) in [5.41, 5.74) is 1.10. The Balaban J connectivity index is 0.00000172. The summed E-state index contributed by atoms with van der Waals surface area (Å²) >= 11 is 1.19. The van der Waals surface area contributed by atoms with Crippen LogP contribution in [0.1, 0.15) is 39.7 Å². The molecule has 0 fully saturated rings. The van der Waals surface area contributed by atoms with Crippen molar-refractivity contribution in [3.05, 3.63) is 35.9 Å². The zero-order chi connectivity index (χ0) is 15.4. The number of benzene rings is 1. The van der Waals surface area contributed by atoms with Gasteiger partial charge >= 0.3 is 0 Å². The first-order valence-electron chi connectivity index (χ1n) is 7.04. The quantitative estimate of drug-likeness (QED) is 0.797. The zero-order valence-electron chi connectivity index (χ0n) is 12.8. The topological polar surface area (TPSA) is 46.2 Å². The summed E-state index contributed by atoms with van der Waals surface area (Å²) in [6.45, 7) is 8.06. The molecule has 3 nitrogen and oxygen atoms in total. The van der Waals surface area contributed by atoms with Crippen molar-refractivity contribution in [2.75, 3.05) is 0 Å². The number of carbonyl (C=O) groups is 2. The SMILES string of the molecule is CC.CC(C)CC(C=O)NC(=O)SCc1ccccc1. The van der Waals surface area contributed by atoms with Gasteiger partial charge in [-0.05, 0) is 17.9 Å². The van der Waals surface area contributed by atoms with Crippen LogP contribution in [0, 0.1) is 5.92 Å². The zero-order valence-corrected chi connectivity index (χ0v) is 13.6. The predicted octanol–water partition coefficient (Wildman–Crippen LogP) is 4.27. The van der Waals surface area contributed by atoms with Crippen molar-refractivity contribution in [3.63, 3.8) is 0 Å². The maximum absolute atomic E-state index is 11.7. The Kier molecular flexibility index (Phi) is 10.8. The molecule has 1 aromatic rings. The van der Waals surface area contributed by atoms with E-state index in [2.05, 4.69) is 5.32 Å². The number of carbonyl (C=O) groups excluding carboxylic acids is 2. The van der Waals surface area contributed by atoms with Gasteiger partial charge in [0.15, 0.2) is 0 Å². The van der Waals surface area contributed by atoms with Gasteiger partial charge in [0.1, 0.15) is 6.29 Å². The van der Waals surface area contributed by atoms with Crippen molar-refractivity contribution >= 4 is 23.3 Å². The predicted molar refractivity (Wildman–Crippen MR) is 86.9 cm³/mol. The van der Waals surface area contributed by atoms with E-state index >= 15 is 0 Å². The molecule has 0 bridgehead atoms. The van der Waals surface area contributed by atoms with Gasteiger partial charge < -0.3 is 10.1 Å². The molecule has 1 atom stereocenters. The fraction of sp³-hybridized carbons (Fsp3) is 0.500. The van der Waals surface area contributed by atoms with Crippen molar-refractivity contribution in [3.8, 4) is 0 Å². The van der Waals surface area contributed by atoms with Gasteiger partial charge in [0, 0.05) is 5.75 Å². The molecule has 20 heavy (non-hydrogen) atoms. The van der Waals surface area contributed by atoms with Crippen LogP contribution in [-0.2, 0) is 10.5 Å². The standard InChI is InChI=1S/C14H19NO2S.C2H6/c1-11(2)8-13(9-16)15-14(17)18-10-12-6-4-3-5-7-12;1-2/h3-7,9,11,13H,8,10H2,1-2H3,(H,15,17);1-2H3. The number of amides is 1. The maximum atomic E-state index is 11.7. The van der Waals surface area contributed by atoms with Crippen molar-refractivity contribution in [1.29, 1.82) is 0 Å². The van der Waals surface area contributed by atoms with Crippen LogP contribution in [0.5, 0.6) is 0 Å². The molecular weight excluding hydrogens is 270 g/mol. The Morgan fingerprint density at radius 2 is 1.85 bits per heavy atom. The first-order chi connectivity index (χ1) is 9.61. The first kappa shape index (κ1) is 18.7. The highest BCUT2D eigenvalue weighted by Crippen LogP contribution is 2.13. The van der Waals surface area contributed by atoms with E-state index < -0.39 is 0 Å². The third-order valence-electron chi connectivity index (χ3n) is 2.41. The van der Waals surface area contributed by atoms with Crippen LogP contribution in [0.3, 0.4) is 0 Å². The fourth-order valence-electron chi connectivity index (χ4n) is 1.57. The van der Waals surface area contributed by atoms with Crippen LogP contribution >= 0.6 is 11.8 Å². The summed E-state index contributed by atoms with van der Waals surface area (Å²) in [6.07, 6.45) is 1.49.